The van der Waals surface area contributed by atoms with Crippen molar-refractivity contribution in [3.63, 3.8) is 0 Å². The highest BCUT2D eigenvalue weighted by atomic mass is 32.1. The molecule has 140 valence electrons. The van der Waals surface area contributed by atoms with Crippen LogP contribution >= 0.6 is 12.2 Å². The smallest absolute Gasteiger partial charge is 0.171 e. The largest absolute Gasteiger partial charge is 0.491 e. The zero-order chi connectivity index (χ0) is 19.3. The second-order valence-electron chi connectivity index (χ2n) is 7.37. The van der Waals surface area contributed by atoms with E-state index in [0.717, 1.165) is 11.4 Å². The first-order valence-electron chi connectivity index (χ1n) is 9.17. The van der Waals surface area contributed by atoms with Crippen molar-refractivity contribution >= 4 is 23.0 Å². The van der Waals surface area contributed by atoms with Crippen molar-refractivity contribution < 1.29 is 4.74 Å². The summed E-state index contributed by atoms with van der Waals surface area (Å²) in [5, 5.41) is 7.38. The highest BCUT2D eigenvalue weighted by Gasteiger charge is 2.18. The highest BCUT2D eigenvalue weighted by molar-refractivity contribution is 7.80. The van der Waals surface area contributed by atoms with Crippen LogP contribution in [0, 0.1) is 19.8 Å². The minimum Gasteiger partial charge on any atom is -0.491 e. The van der Waals surface area contributed by atoms with E-state index in [1.807, 2.05) is 38.1 Å². The molecule has 0 aliphatic heterocycles. The van der Waals surface area contributed by atoms with Crippen molar-refractivity contribution in [1.82, 2.24) is 5.32 Å². The maximum absolute atomic E-state index is 5.67. The molecule has 0 aromatic heterocycles. The molecule has 0 fully saturated rings. The van der Waals surface area contributed by atoms with Gasteiger partial charge >= 0.3 is 0 Å². The lowest BCUT2D eigenvalue weighted by atomic mass is 9.92. The van der Waals surface area contributed by atoms with E-state index in [-0.39, 0.29) is 12.1 Å². The van der Waals surface area contributed by atoms with Crippen LogP contribution in [-0.2, 0) is 0 Å². The van der Waals surface area contributed by atoms with E-state index in [1.54, 1.807) is 0 Å². The zero-order valence-electron chi connectivity index (χ0n) is 16.6. The Morgan fingerprint density at radius 1 is 0.962 bits per heavy atom. The molecule has 26 heavy (non-hydrogen) atoms. The van der Waals surface area contributed by atoms with Crippen LogP contribution in [0.2, 0.25) is 0 Å². The van der Waals surface area contributed by atoms with Gasteiger partial charge in [0.1, 0.15) is 5.75 Å². The van der Waals surface area contributed by atoms with Gasteiger partial charge in [0.05, 0.1) is 12.1 Å². The van der Waals surface area contributed by atoms with Crippen LogP contribution in [0.3, 0.4) is 0 Å². The number of thiocarbonyl (C=S) groups is 1. The van der Waals surface area contributed by atoms with E-state index in [2.05, 4.69) is 56.5 Å². The van der Waals surface area contributed by atoms with E-state index in [9.17, 15) is 0 Å². The number of nitrogens with one attached hydrogen (secondary N) is 2. The van der Waals surface area contributed by atoms with Gasteiger partial charge in [-0.3, -0.25) is 0 Å². The molecule has 3 nitrogen and oxygen atoms in total. The lowest BCUT2D eigenvalue weighted by molar-refractivity contribution is 0.242. The fraction of sp³-hybridized carbons (Fsp3) is 0.409. The van der Waals surface area contributed by atoms with E-state index < -0.39 is 0 Å². The van der Waals surface area contributed by atoms with Crippen LogP contribution in [0.4, 0.5) is 5.69 Å². The van der Waals surface area contributed by atoms with Crippen LogP contribution in [0.1, 0.15) is 50.4 Å². The van der Waals surface area contributed by atoms with Crippen LogP contribution in [0.5, 0.6) is 5.75 Å². The summed E-state index contributed by atoms with van der Waals surface area (Å²) in [6, 6.07) is 14.6. The van der Waals surface area contributed by atoms with Gasteiger partial charge in [-0.2, -0.15) is 0 Å². The first kappa shape index (κ1) is 20.2. The van der Waals surface area contributed by atoms with Gasteiger partial charge in [-0.05, 0) is 81.2 Å². The molecule has 0 aliphatic rings. The predicted octanol–water partition coefficient (Wildman–Crippen LogP) is 5.77. The minimum absolute atomic E-state index is 0.166. The molecule has 0 aliphatic carbocycles. The Kier molecular flexibility index (Phi) is 7.04. The van der Waals surface area contributed by atoms with Gasteiger partial charge in [0, 0.05) is 5.69 Å². The number of benzene rings is 2. The molecule has 0 unspecified atom stereocenters. The maximum Gasteiger partial charge on any atom is 0.171 e. The number of ether oxygens (including phenoxy) is 1. The van der Waals surface area contributed by atoms with Gasteiger partial charge in [0.2, 0.25) is 0 Å². The number of hydrogen-bond donors (Lipinski definition) is 2. The molecule has 0 spiro atoms. The number of hydrogen-bond acceptors (Lipinski definition) is 2. The lowest BCUT2D eigenvalue weighted by Gasteiger charge is -2.26. The van der Waals surface area contributed by atoms with Gasteiger partial charge in [0.25, 0.3) is 0 Å². The molecule has 1 atom stereocenters. The molecule has 2 aromatic carbocycles. The van der Waals surface area contributed by atoms with Crippen LogP contribution < -0.4 is 15.4 Å². The first-order chi connectivity index (χ1) is 12.3. The van der Waals surface area contributed by atoms with Crippen molar-refractivity contribution in [2.24, 2.45) is 5.92 Å². The summed E-state index contributed by atoms with van der Waals surface area (Å²) in [6.45, 7) is 12.7. The molecule has 2 aromatic rings. The molecule has 2 N–H and O–H groups in total. The first-order valence-corrected chi connectivity index (χ1v) is 9.58. The van der Waals surface area contributed by atoms with E-state index in [1.165, 1.54) is 16.7 Å². The minimum atomic E-state index is 0.166. The Labute approximate surface area is 163 Å². The second-order valence-corrected chi connectivity index (χ2v) is 7.78. The van der Waals surface area contributed by atoms with E-state index in [4.69, 9.17) is 17.0 Å². The average molecular weight is 371 g/mol. The normalized spacial score (nSPS) is 12.2. The van der Waals surface area contributed by atoms with Crippen molar-refractivity contribution in [3.05, 3.63) is 59.2 Å². The van der Waals surface area contributed by atoms with Crippen LogP contribution in [0.15, 0.2) is 42.5 Å². The van der Waals surface area contributed by atoms with Gasteiger partial charge in [-0.15, -0.1) is 0 Å². The molecular formula is C22H30N2OS. The summed E-state index contributed by atoms with van der Waals surface area (Å²) in [7, 11) is 0. The van der Waals surface area contributed by atoms with Crippen molar-refractivity contribution in [2.75, 3.05) is 5.32 Å². The summed E-state index contributed by atoms with van der Waals surface area (Å²) in [4.78, 5) is 0. The van der Waals surface area contributed by atoms with Crippen molar-refractivity contribution in [3.8, 4) is 5.75 Å². The van der Waals surface area contributed by atoms with Gasteiger partial charge in [-0.1, -0.05) is 37.6 Å². The topological polar surface area (TPSA) is 33.3 Å². The van der Waals surface area contributed by atoms with Crippen molar-refractivity contribution in [2.45, 2.75) is 53.7 Å². The zero-order valence-corrected chi connectivity index (χ0v) is 17.4. The molecule has 0 heterocycles. The monoisotopic (exact) mass is 370 g/mol. The van der Waals surface area contributed by atoms with E-state index >= 15 is 0 Å². The highest BCUT2D eigenvalue weighted by Crippen LogP contribution is 2.26. The average Bonchev–Trinajstić information content (AvgIpc) is 2.54. The number of aryl methyl sites for hydroxylation is 2. The Morgan fingerprint density at radius 3 is 2.15 bits per heavy atom. The SMILES string of the molecule is Cc1ccc([C@@H](NC(=S)Nc2ccc(OC(C)C)cc2)C(C)C)c(C)c1. The summed E-state index contributed by atoms with van der Waals surface area (Å²) >= 11 is 5.55. The van der Waals surface area contributed by atoms with Gasteiger partial charge in [0.15, 0.2) is 5.11 Å². The van der Waals surface area contributed by atoms with Gasteiger partial charge < -0.3 is 15.4 Å². The Morgan fingerprint density at radius 2 is 1.62 bits per heavy atom. The maximum atomic E-state index is 5.67. The second kappa shape index (κ2) is 9.04. The Bertz CT molecular complexity index is 738. The third-order valence-corrected chi connectivity index (χ3v) is 4.42. The summed E-state index contributed by atoms with van der Waals surface area (Å²) in [5.74, 6) is 1.28. The fourth-order valence-corrected chi connectivity index (χ4v) is 3.22. The Balaban J connectivity index is 2.06. The molecule has 2 rings (SSSR count). The summed E-state index contributed by atoms with van der Waals surface area (Å²) in [5.41, 5.74) is 4.80. The fourth-order valence-electron chi connectivity index (χ4n) is 2.98. The lowest BCUT2D eigenvalue weighted by Crippen LogP contribution is -2.35. The standard InChI is InChI=1S/C22H30N2OS/c1-14(2)21(20-12-7-16(5)13-17(20)6)24-22(26)23-18-8-10-19(11-9-18)25-15(3)4/h7-15,21H,1-6H3,(H2,23,24,26)/t21-/m0/s1. The van der Waals surface area contributed by atoms with Crippen LogP contribution in [0.25, 0.3) is 0 Å². The van der Waals surface area contributed by atoms with Crippen LogP contribution in [-0.4, -0.2) is 11.2 Å². The molecule has 0 amide bonds. The quantitative estimate of drug-likeness (QED) is 0.632. The Hall–Kier alpha value is -2.07. The molecule has 0 saturated heterocycles. The molecule has 0 radical (unpaired) electrons. The third-order valence-electron chi connectivity index (χ3n) is 4.20. The number of anilines is 1. The van der Waals surface area contributed by atoms with E-state index in [0.29, 0.717) is 11.0 Å². The van der Waals surface area contributed by atoms with Gasteiger partial charge in [-0.25, -0.2) is 0 Å². The van der Waals surface area contributed by atoms with Crippen molar-refractivity contribution in [1.29, 1.82) is 0 Å². The third kappa shape index (κ3) is 5.73. The molecule has 0 saturated carbocycles. The predicted molar refractivity (Wildman–Crippen MR) is 115 cm³/mol. The molecule has 4 heteroatoms. The molecule has 0 bridgehead atoms. The summed E-state index contributed by atoms with van der Waals surface area (Å²) < 4.78 is 5.67. The summed E-state index contributed by atoms with van der Waals surface area (Å²) in [6.07, 6.45) is 0.168. The number of rotatable bonds is 6. The molecular weight excluding hydrogens is 340 g/mol.